The molecular weight excluding hydrogens is 384 g/mol. The molecule has 0 aromatic carbocycles. The smallest absolute Gasteiger partial charge is 0.339 e. The van der Waals surface area contributed by atoms with E-state index in [-0.39, 0.29) is 0 Å². The second-order valence-electron chi connectivity index (χ2n) is 6.89. The molecule has 6 N–H and O–H groups in total. The minimum atomic E-state index is -2.15. The summed E-state index contributed by atoms with van der Waals surface area (Å²) >= 11 is 0. The SMILES string of the molecule is COC(=O)C1=CO[C@@H](O[C@H]2O[C@H](CO)[C@@H](O)[C@H](O)[C@@H]2O)[C@@H]2C(=O)[C@@H](O)C[C@]12O. The van der Waals surface area contributed by atoms with Gasteiger partial charge in [0.25, 0.3) is 0 Å². The first kappa shape index (κ1) is 21.1. The number of carbonyl (C=O) groups excluding carboxylic acids is 2. The summed E-state index contributed by atoms with van der Waals surface area (Å²) in [6, 6.07) is 0. The molecule has 1 aliphatic carbocycles. The number of methoxy groups -OCH3 is 1. The highest BCUT2D eigenvalue weighted by atomic mass is 16.8. The van der Waals surface area contributed by atoms with Crippen molar-refractivity contribution in [2.24, 2.45) is 5.92 Å². The van der Waals surface area contributed by atoms with Crippen molar-refractivity contribution < 1.29 is 59.2 Å². The Morgan fingerprint density at radius 3 is 2.50 bits per heavy atom. The molecule has 2 fully saturated rings. The summed E-state index contributed by atoms with van der Waals surface area (Å²) in [6.07, 6.45) is -10.9. The number of aliphatic hydroxyl groups is 6. The first-order valence-corrected chi connectivity index (χ1v) is 8.50. The zero-order chi connectivity index (χ0) is 20.8. The average molecular weight is 406 g/mol. The number of Topliss-reactive ketones (excluding diaryl/α,β-unsaturated/α-hetero) is 1. The molecule has 9 atom stereocenters. The number of hydrogen-bond donors (Lipinski definition) is 6. The molecule has 2 heterocycles. The molecule has 12 nitrogen and oxygen atoms in total. The quantitative estimate of drug-likeness (QED) is 0.248. The van der Waals surface area contributed by atoms with Crippen molar-refractivity contribution in [1.82, 2.24) is 0 Å². The molecule has 0 amide bonds. The second-order valence-corrected chi connectivity index (χ2v) is 6.89. The van der Waals surface area contributed by atoms with Gasteiger partial charge in [0.1, 0.15) is 47.6 Å². The third-order valence-corrected chi connectivity index (χ3v) is 5.23. The number of carbonyl (C=O) groups is 2. The van der Waals surface area contributed by atoms with Crippen molar-refractivity contribution in [2.75, 3.05) is 13.7 Å². The predicted octanol–water partition coefficient (Wildman–Crippen LogP) is -4.10. The monoisotopic (exact) mass is 406 g/mol. The molecule has 2 aliphatic heterocycles. The molecule has 0 bridgehead atoms. The molecule has 0 radical (unpaired) electrons. The zero-order valence-corrected chi connectivity index (χ0v) is 14.7. The lowest BCUT2D eigenvalue weighted by atomic mass is 9.81. The molecule has 3 rings (SSSR count). The highest BCUT2D eigenvalue weighted by Crippen LogP contribution is 2.45. The van der Waals surface area contributed by atoms with Crippen LogP contribution in [0.15, 0.2) is 11.8 Å². The Balaban J connectivity index is 1.87. The van der Waals surface area contributed by atoms with E-state index in [1.165, 1.54) is 0 Å². The van der Waals surface area contributed by atoms with Gasteiger partial charge in [0.2, 0.25) is 6.29 Å². The Bertz CT molecular complexity index is 662. The van der Waals surface area contributed by atoms with E-state index in [1.807, 2.05) is 0 Å². The van der Waals surface area contributed by atoms with Crippen LogP contribution in [0.4, 0.5) is 0 Å². The van der Waals surface area contributed by atoms with E-state index in [1.54, 1.807) is 0 Å². The van der Waals surface area contributed by atoms with Gasteiger partial charge >= 0.3 is 5.97 Å². The first-order chi connectivity index (χ1) is 13.2. The van der Waals surface area contributed by atoms with Gasteiger partial charge in [-0.05, 0) is 0 Å². The van der Waals surface area contributed by atoms with E-state index < -0.39 is 85.0 Å². The molecular formula is C16H22O12. The highest BCUT2D eigenvalue weighted by molar-refractivity contribution is 5.97. The van der Waals surface area contributed by atoms with Crippen LogP contribution in [0.2, 0.25) is 0 Å². The standard InChI is InChI=1S/C16H22O12/c1-25-13(23)5-4-26-14(8-9(19)6(18)2-16(5,8)24)28-15-12(22)11(21)10(20)7(3-17)27-15/h4,6-8,10-12,14-15,17-18,20-22,24H,2-3H2,1H3/t6-,7+,8-,10+,11-,12-,14-,15+,16-/m0/s1. The molecule has 0 unspecified atom stereocenters. The Morgan fingerprint density at radius 1 is 1.21 bits per heavy atom. The second kappa shape index (κ2) is 7.65. The fourth-order valence-electron chi connectivity index (χ4n) is 3.67. The third kappa shape index (κ3) is 3.21. The number of rotatable bonds is 4. The van der Waals surface area contributed by atoms with Crippen molar-refractivity contribution >= 4 is 11.8 Å². The molecule has 0 aromatic heterocycles. The predicted molar refractivity (Wildman–Crippen MR) is 83.9 cm³/mol. The van der Waals surface area contributed by atoms with Crippen LogP contribution in [-0.4, -0.2) is 105 Å². The molecule has 1 saturated heterocycles. The summed E-state index contributed by atoms with van der Waals surface area (Å²) in [5.74, 6) is -3.40. The fraction of sp³-hybridized carbons (Fsp3) is 0.750. The maximum atomic E-state index is 12.4. The zero-order valence-electron chi connectivity index (χ0n) is 14.7. The van der Waals surface area contributed by atoms with E-state index in [9.17, 15) is 40.2 Å². The molecule has 158 valence electrons. The van der Waals surface area contributed by atoms with Gasteiger partial charge in [0, 0.05) is 6.42 Å². The number of hydrogen-bond acceptors (Lipinski definition) is 12. The highest BCUT2D eigenvalue weighted by Gasteiger charge is 2.63. The van der Waals surface area contributed by atoms with Crippen LogP contribution in [0.5, 0.6) is 0 Å². The Morgan fingerprint density at radius 2 is 1.89 bits per heavy atom. The summed E-state index contributed by atoms with van der Waals surface area (Å²) in [7, 11) is 1.06. The molecule has 0 aromatic rings. The van der Waals surface area contributed by atoms with Gasteiger partial charge in [-0.1, -0.05) is 0 Å². The van der Waals surface area contributed by atoms with Gasteiger partial charge in [-0.25, -0.2) is 4.79 Å². The molecule has 0 spiro atoms. The molecule has 1 saturated carbocycles. The van der Waals surface area contributed by atoms with E-state index >= 15 is 0 Å². The van der Waals surface area contributed by atoms with Crippen molar-refractivity contribution in [3.63, 3.8) is 0 Å². The summed E-state index contributed by atoms with van der Waals surface area (Å²) in [5.41, 5.74) is -2.54. The molecule has 28 heavy (non-hydrogen) atoms. The maximum Gasteiger partial charge on any atom is 0.339 e. The van der Waals surface area contributed by atoms with Crippen LogP contribution in [0.3, 0.4) is 0 Å². The largest absolute Gasteiger partial charge is 0.471 e. The minimum Gasteiger partial charge on any atom is -0.471 e. The molecule has 12 heteroatoms. The number of ketones is 1. The summed E-state index contributed by atoms with van der Waals surface area (Å²) in [5, 5.41) is 59.8. The Kier molecular flexibility index (Phi) is 5.76. The van der Waals surface area contributed by atoms with E-state index in [4.69, 9.17) is 14.2 Å². The van der Waals surface area contributed by atoms with Crippen molar-refractivity contribution in [2.45, 2.75) is 55.1 Å². The lowest BCUT2D eigenvalue weighted by molar-refractivity contribution is -0.342. The Hall–Kier alpha value is -1.64. The van der Waals surface area contributed by atoms with Crippen LogP contribution < -0.4 is 0 Å². The topological polar surface area (TPSA) is 192 Å². The van der Waals surface area contributed by atoms with Crippen LogP contribution in [0.1, 0.15) is 6.42 Å². The van der Waals surface area contributed by atoms with E-state index in [0.29, 0.717) is 0 Å². The van der Waals surface area contributed by atoms with Crippen molar-refractivity contribution in [3.05, 3.63) is 11.8 Å². The van der Waals surface area contributed by atoms with Crippen molar-refractivity contribution in [1.29, 1.82) is 0 Å². The Labute approximate surface area is 158 Å². The third-order valence-electron chi connectivity index (χ3n) is 5.23. The number of esters is 1. The summed E-state index contributed by atoms with van der Waals surface area (Å²) in [4.78, 5) is 24.3. The maximum absolute atomic E-state index is 12.4. The van der Waals surface area contributed by atoms with Crippen LogP contribution in [0, 0.1) is 5.92 Å². The lowest BCUT2D eigenvalue weighted by Crippen LogP contribution is -2.61. The fourth-order valence-corrected chi connectivity index (χ4v) is 3.67. The van der Waals surface area contributed by atoms with Crippen LogP contribution in [0.25, 0.3) is 0 Å². The number of ether oxygens (including phenoxy) is 4. The number of fused-ring (bicyclic) bond motifs is 1. The summed E-state index contributed by atoms with van der Waals surface area (Å²) in [6.45, 7) is -0.701. The average Bonchev–Trinajstić information content (AvgIpc) is 2.91. The van der Waals surface area contributed by atoms with E-state index in [2.05, 4.69) is 4.74 Å². The summed E-state index contributed by atoms with van der Waals surface area (Å²) < 4.78 is 20.4. The first-order valence-electron chi connectivity index (χ1n) is 8.50. The number of aliphatic hydroxyl groups excluding tert-OH is 5. The van der Waals surface area contributed by atoms with Gasteiger partial charge in [-0.2, -0.15) is 0 Å². The van der Waals surface area contributed by atoms with Gasteiger partial charge < -0.3 is 49.6 Å². The van der Waals surface area contributed by atoms with E-state index in [0.717, 1.165) is 13.4 Å². The normalized spacial score (nSPS) is 45.8. The van der Waals surface area contributed by atoms with Crippen LogP contribution in [-0.2, 0) is 28.5 Å². The van der Waals surface area contributed by atoms with Gasteiger partial charge in [-0.15, -0.1) is 0 Å². The van der Waals surface area contributed by atoms with Gasteiger partial charge in [0.15, 0.2) is 12.1 Å². The molecule has 3 aliphatic rings. The van der Waals surface area contributed by atoms with Gasteiger partial charge in [0.05, 0.1) is 20.0 Å². The van der Waals surface area contributed by atoms with Crippen LogP contribution >= 0.6 is 0 Å². The minimum absolute atomic E-state index is 0.390. The van der Waals surface area contributed by atoms with Gasteiger partial charge in [-0.3, -0.25) is 4.79 Å². The lowest BCUT2D eigenvalue weighted by Gasteiger charge is -2.43. The van der Waals surface area contributed by atoms with Crippen molar-refractivity contribution in [3.8, 4) is 0 Å².